The first-order valence-corrected chi connectivity index (χ1v) is 6.45. The molecule has 0 unspecified atom stereocenters. The molecule has 0 radical (unpaired) electrons. The Kier molecular flexibility index (Phi) is 6.33. The zero-order valence-electron chi connectivity index (χ0n) is 11.9. The number of halogens is 3. The number of benzene rings is 1. The summed E-state index contributed by atoms with van der Waals surface area (Å²) in [6.45, 7) is 3.15. The van der Waals surface area contributed by atoms with E-state index in [0.29, 0.717) is 18.3 Å². The van der Waals surface area contributed by atoms with Crippen molar-refractivity contribution in [3.8, 4) is 5.75 Å². The molecular weight excluding hydrogens is 287 g/mol. The van der Waals surface area contributed by atoms with Gasteiger partial charge in [0, 0.05) is 6.54 Å². The summed E-state index contributed by atoms with van der Waals surface area (Å²) >= 11 is 0. The second kappa shape index (κ2) is 7.75. The van der Waals surface area contributed by atoms with Crippen LogP contribution in [0.25, 0.3) is 0 Å². The second-order valence-corrected chi connectivity index (χ2v) is 4.89. The minimum atomic E-state index is -4.52. The molecule has 0 aromatic heterocycles. The predicted molar refractivity (Wildman–Crippen MR) is 71.0 cm³/mol. The summed E-state index contributed by atoms with van der Waals surface area (Å²) < 4.78 is 45.0. The van der Waals surface area contributed by atoms with Gasteiger partial charge in [-0.15, -0.1) is 0 Å². The summed E-state index contributed by atoms with van der Waals surface area (Å²) in [6.07, 6.45) is -5.63. The van der Waals surface area contributed by atoms with Gasteiger partial charge in [-0.1, -0.05) is 26.0 Å². The van der Waals surface area contributed by atoms with Gasteiger partial charge in [-0.05, 0) is 23.6 Å². The lowest BCUT2D eigenvalue weighted by Gasteiger charge is -2.10. The van der Waals surface area contributed by atoms with Crippen molar-refractivity contribution in [3.63, 3.8) is 0 Å². The first-order valence-electron chi connectivity index (χ1n) is 6.45. The molecule has 0 aliphatic heterocycles. The number of nitrogens with one attached hydrogen (secondary N) is 1. The van der Waals surface area contributed by atoms with E-state index >= 15 is 0 Å². The van der Waals surface area contributed by atoms with Crippen molar-refractivity contribution in [3.05, 3.63) is 29.8 Å². The van der Waals surface area contributed by atoms with Gasteiger partial charge in [0.05, 0.1) is 6.61 Å². The number of carbonyl (C=O) groups is 1. The highest BCUT2D eigenvalue weighted by atomic mass is 19.4. The monoisotopic (exact) mass is 305 g/mol. The van der Waals surface area contributed by atoms with Crippen molar-refractivity contribution >= 4 is 6.09 Å². The van der Waals surface area contributed by atoms with Gasteiger partial charge in [0.1, 0.15) is 5.75 Å². The van der Waals surface area contributed by atoms with Crippen LogP contribution in [0.15, 0.2) is 24.3 Å². The Labute approximate surface area is 121 Å². The molecule has 1 N–H and O–H groups in total. The molecule has 0 saturated carbocycles. The van der Waals surface area contributed by atoms with Crippen LogP contribution in [0.1, 0.15) is 19.4 Å². The highest BCUT2D eigenvalue weighted by molar-refractivity contribution is 5.67. The fraction of sp³-hybridized carbons (Fsp3) is 0.500. The summed E-state index contributed by atoms with van der Waals surface area (Å²) in [5.74, 6) is 1.11. The Balaban J connectivity index is 2.34. The average Bonchev–Trinajstić information content (AvgIpc) is 2.41. The lowest BCUT2D eigenvalue weighted by atomic mass is 10.2. The zero-order chi connectivity index (χ0) is 15.9. The van der Waals surface area contributed by atoms with E-state index in [0.717, 1.165) is 5.56 Å². The molecule has 118 valence electrons. The summed E-state index contributed by atoms with van der Waals surface area (Å²) in [4.78, 5) is 11.0. The number of hydrogen-bond donors (Lipinski definition) is 1. The van der Waals surface area contributed by atoms with E-state index < -0.39 is 18.9 Å². The SMILES string of the molecule is CC(C)COc1ccc(CNC(=O)OCC(F)(F)F)cc1. The van der Waals surface area contributed by atoms with Gasteiger partial charge in [0.25, 0.3) is 0 Å². The van der Waals surface area contributed by atoms with E-state index in [1.165, 1.54) is 0 Å². The highest BCUT2D eigenvalue weighted by Crippen LogP contribution is 2.15. The summed E-state index contributed by atoms with van der Waals surface area (Å²) in [6, 6.07) is 6.92. The summed E-state index contributed by atoms with van der Waals surface area (Å²) in [5.41, 5.74) is 0.732. The van der Waals surface area contributed by atoms with Gasteiger partial charge >= 0.3 is 12.3 Å². The van der Waals surface area contributed by atoms with Crippen LogP contribution in [0.2, 0.25) is 0 Å². The fourth-order valence-electron chi connectivity index (χ4n) is 1.34. The molecule has 0 fully saturated rings. The van der Waals surface area contributed by atoms with Crippen LogP contribution >= 0.6 is 0 Å². The van der Waals surface area contributed by atoms with E-state index in [9.17, 15) is 18.0 Å². The third-order valence-electron chi connectivity index (χ3n) is 2.31. The molecule has 0 spiro atoms. The maximum absolute atomic E-state index is 11.8. The molecular formula is C14H18F3NO3. The number of alkyl halides is 3. The topological polar surface area (TPSA) is 47.6 Å². The number of rotatable bonds is 6. The van der Waals surface area contributed by atoms with Gasteiger partial charge in [-0.2, -0.15) is 13.2 Å². The maximum atomic E-state index is 11.8. The Bertz CT molecular complexity index is 444. The molecule has 1 aromatic carbocycles. The van der Waals surface area contributed by atoms with Crippen LogP contribution in [0.3, 0.4) is 0 Å². The van der Waals surface area contributed by atoms with E-state index in [4.69, 9.17) is 4.74 Å². The molecule has 0 atom stereocenters. The van der Waals surface area contributed by atoms with Crippen LogP contribution in [0.5, 0.6) is 5.75 Å². The number of amides is 1. The second-order valence-electron chi connectivity index (χ2n) is 4.89. The van der Waals surface area contributed by atoms with E-state index in [-0.39, 0.29) is 6.54 Å². The Hall–Kier alpha value is -1.92. The molecule has 1 aromatic rings. The summed E-state index contributed by atoms with van der Waals surface area (Å²) in [7, 11) is 0. The van der Waals surface area contributed by atoms with Crippen molar-refractivity contribution in [2.45, 2.75) is 26.6 Å². The van der Waals surface area contributed by atoms with Crippen LogP contribution < -0.4 is 10.1 Å². The minimum Gasteiger partial charge on any atom is -0.493 e. The third kappa shape index (κ3) is 8.06. The van der Waals surface area contributed by atoms with E-state index in [2.05, 4.69) is 10.1 Å². The molecule has 0 aliphatic rings. The number of hydrogen-bond acceptors (Lipinski definition) is 3. The molecule has 0 bridgehead atoms. The molecule has 1 amide bonds. The normalized spacial score (nSPS) is 11.3. The van der Waals surface area contributed by atoms with Crippen LogP contribution in [0.4, 0.5) is 18.0 Å². The third-order valence-corrected chi connectivity index (χ3v) is 2.31. The van der Waals surface area contributed by atoms with E-state index in [1.54, 1.807) is 24.3 Å². The van der Waals surface area contributed by atoms with Crippen molar-refractivity contribution in [1.29, 1.82) is 0 Å². The fourth-order valence-corrected chi connectivity index (χ4v) is 1.34. The van der Waals surface area contributed by atoms with E-state index in [1.807, 2.05) is 13.8 Å². The van der Waals surface area contributed by atoms with Crippen molar-refractivity contribution in [2.24, 2.45) is 5.92 Å². The smallest absolute Gasteiger partial charge is 0.422 e. The highest BCUT2D eigenvalue weighted by Gasteiger charge is 2.29. The molecule has 0 aliphatic carbocycles. The Morgan fingerprint density at radius 3 is 2.38 bits per heavy atom. The van der Waals surface area contributed by atoms with Gasteiger partial charge in [-0.3, -0.25) is 0 Å². The Morgan fingerprint density at radius 1 is 1.24 bits per heavy atom. The van der Waals surface area contributed by atoms with Gasteiger partial charge < -0.3 is 14.8 Å². The van der Waals surface area contributed by atoms with Crippen LogP contribution in [-0.4, -0.2) is 25.5 Å². The van der Waals surface area contributed by atoms with Crippen molar-refractivity contribution in [2.75, 3.05) is 13.2 Å². The molecule has 0 saturated heterocycles. The minimum absolute atomic E-state index is 0.0845. The van der Waals surface area contributed by atoms with Gasteiger partial charge in [-0.25, -0.2) is 4.79 Å². The van der Waals surface area contributed by atoms with Gasteiger partial charge in [0.2, 0.25) is 0 Å². The molecule has 0 heterocycles. The van der Waals surface area contributed by atoms with Crippen molar-refractivity contribution in [1.82, 2.24) is 5.32 Å². The molecule has 7 heteroatoms. The number of alkyl carbamates (subject to hydrolysis) is 1. The first kappa shape index (κ1) is 17.1. The van der Waals surface area contributed by atoms with Crippen molar-refractivity contribution < 1.29 is 27.4 Å². The lowest BCUT2D eigenvalue weighted by Crippen LogP contribution is -2.28. The standard InChI is InChI=1S/C14H18F3NO3/c1-10(2)8-20-12-5-3-11(4-6-12)7-18-13(19)21-9-14(15,16)17/h3-6,10H,7-9H2,1-2H3,(H,18,19). The maximum Gasteiger partial charge on any atom is 0.422 e. The first-order chi connectivity index (χ1) is 9.76. The molecule has 4 nitrogen and oxygen atoms in total. The largest absolute Gasteiger partial charge is 0.493 e. The zero-order valence-corrected chi connectivity index (χ0v) is 11.9. The molecule has 21 heavy (non-hydrogen) atoms. The van der Waals surface area contributed by atoms with Crippen LogP contribution in [0, 0.1) is 5.92 Å². The average molecular weight is 305 g/mol. The quantitative estimate of drug-likeness (QED) is 0.875. The van der Waals surface area contributed by atoms with Gasteiger partial charge in [0.15, 0.2) is 6.61 Å². The predicted octanol–water partition coefficient (Wildman–Crippen LogP) is 3.51. The number of ether oxygens (including phenoxy) is 2. The number of carbonyl (C=O) groups excluding carboxylic acids is 1. The Morgan fingerprint density at radius 2 is 1.86 bits per heavy atom. The van der Waals surface area contributed by atoms with Crippen LogP contribution in [-0.2, 0) is 11.3 Å². The lowest BCUT2D eigenvalue weighted by molar-refractivity contribution is -0.160. The summed E-state index contributed by atoms with van der Waals surface area (Å²) in [5, 5.41) is 2.24. The molecule has 1 rings (SSSR count).